The van der Waals surface area contributed by atoms with Crippen LogP contribution in [0, 0.1) is 12.7 Å². The molecule has 0 radical (unpaired) electrons. The fourth-order valence-electron chi connectivity index (χ4n) is 3.51. The van der Waals surface area contributed by atoms with Crippen molar-refractivity contribution in [2.24, 2.45) is 0 Å². The summed E-state index contributed by atoms with van der Waals surface area (Å²) >= 11 is 0. The monoisotopic (exact) mass is 383 g/mol. The number of piperidine rings is 1. The second-order valence-corrected chi connectivity index (χ2v) is 7.00. The molecule has 0 aliphatic carbocycles. The lowest BCUT2D eigenvalue weighted by molar-refractivity contribution is 0.178. The van der Waals surface area contributed by atoms with Crippen molar-refractivity contribution in [1.29, 1.82) is 0 Å². The van der Waals surface area contributed by atoms with Crippen LogP contribution in [0.1, 0.15) is 36.0 Å². The van der Waals surface area contributed by atoms with Crippen molar-refractivity contribution in [3.63, 3.8) is 0 Å². The van der Waals surface area contributed by atoms with Gasteiger partial charge >= 0.3 is 6.03 Å². The molecule has 1 aliphatic heterocycles. The van der Waals surface area contributed by atoms with Gasteiger partial charge in [0, 0.05) is 36.7 Å². The highest BCUT2D eigenvalue weighted by atomic mass is 19.1. The summed E-state index contributed by atoms with van der Waals surface area (Å²) in [4.78, 5) is 18.9. The van der Waals surface area contributed by atoms with E-state index < -0.39 is 0 Å². The molecule has 146 valence electrons. The maximum Gasteiger partial charge on any atom is 0.317 e. The van der Waals surface area contributed by atoms with E-state index in [1.54, 1.807) is 23.2 Å². The van der Waals surface area contributed by atoms with Gasteiger partial charge in [-0.25, -0.2) is 14.2 Å². The van der Waals surface area contributed by atoms with Gasteiger partial charge in [-0.3, -0.25) is 10.2 Å². The number of rotatable bonds is 4. The zero-order valence-corrected chi connectivity index (χ0v) is 15.6. The number of nitrogens with zero attached hydrogens (tertiary/aromatic N) is 4. The number of hydrogen-bond acceptors (Lipinski definition) is 4. The topological polar surface area (TPSA) is 103 Å². The van der Waals surface area contributed by atoms with Crippen molar-refractivity contribution in [2.45, 2.75) is 32.2 Å². The van der Waals surface area contributed by atoms with E-state index in [2.05, 4.69) is 30.7 Å². The second kappa shape index (κ2) is 7.79. The molecule has 3 N–H and O–H groups in total. The number of H-pyrrole nitrogens is 2. The number of hydrogen-bond donors (Lipinski definition) is 3. The quantitative estimate of drug-likeness (QED) is 0.644. The fraction of sp³-hybridized carbons (Fsp3) is 0.368. The van der Waals surface area contributed by atoms with Gasteiger partial charge in [-0.05, 0) is 44.0 Å². The molecule has 0 spiro atoms. The minimum Gasteiger partial charge on any atom is -0.334 e. The molecule has 3 aromatic rings. The summed E-state index contributed by atoms with van der Waals surface area (Å²) in [5, 5.41) is 17.0. The molecular formula is C19H22FN7O. The zero-order valence-electron chi connectivity index (χ0n) is 15.6. The molecule has 1 fully saturated rings. The third-order valence-electron chi connectivity index (χ3n) is 4.97. The van der Waals surface area contributed by atoms with E-state index in [0.29, 0.717) is 19.6 Å². The first-order valence-corrected chi connectivity index (χ1v) is 9.30. The Labute approximate surface area is 161 Å². The van der Waals surface area contributed by atoms with Gasteiger partial charge in [0.15, 0.2) is 5.82 Å². The van der Waals surface area contributed by atoms with Crippen LogP contribution in [0.25, 0.3) is 11.3 Å². The van der Waals surface area contributed by atoms with Crippen LogP contribution in [0.4, 0.5) is 9.18 Å². The lowest BCUT2D eigenvalue weighted by Gasteiger charge is -2.31. The first-order valence-electron chi connectivity index (χ1n) is 9.30. The van der Waals surface area contributed by atoms with Crippen LogP contribution in [0.5, 0.6) is 0 Å². The van der Waals surface area contributed by atoms with E-state index in [0.717, 1.165) is 41.3 Å². The van der Waals surface area contributed by atoms with Gasteiger partial charge in [0.1, 0.15) is 11.6 Å². The molecule has 0 saturated carbocycles. The maximum atomic E-state index is 13.1. The Hall–Kier alpha value is -3.23. The highest BCUT2D eigenvalue weighted by Crippen LogP contribution is 2.25. The van der Waals surface area contributed by atoms with Crippen molar-refractivity contribution in [3.8, 4) is 11.3 Å². The largest absolute Gasteiger partial charge is 0.334 e. The average Bonchev–Trinajstić information content (AvgIpc) is 3.36. The Morgan fingerprint density at radius 1 is 1.32 bits per heavy atom. The molecule has 4 rings (SSSR count). The molecule has 8 nitrogen and oxygen atoms in total. The maximum absolute atomic E-state index is 13.1. The van der Waals surface area contributed by atoms with E-state index in [9.17, 15) is 9.18 Å². The first kappa shape index (κ1) is 18.1. The van der Waals surface area contributed by atoms with Gasteiger partial charge in [-0.1, -0.05) is 0 Å². The minimum absolute atomic E-state index is 0.122. The number of aryl methyl sites for hydroxylation is 1. The molecule has 1 aliphatic rings. The molecule has 1 atom stereocenters. The predicted molar refractivity (Wildman–Crippen MR) is 101 cm³/mol. The number of carbonyl (C=O) groups is 1. The molecule has 0 unspecified atom stereocenters. The van der Waals surface area contributed by atoms with E-state index in [1.165, 1.54) is 12.1 Å². The van der Waals surface area contributed by atoms with Crippen LogP contribution in [-0.4, -0.2) is 49.4 Å². The fourth-order valence-corrected chi connectivity index (χ4v) is 3.51. The third kappa shape index (κ3) is 3.88. The highest BCUT2D eigenvalue weighted by molar-refractivity contribution is 5.75. The van der Waals surface area contributed by atoms with Crippen LogP contribution in [0.3, 0.4) is 0 Å². The van der Waals surface area contributed by atoms with Gasteiger partial charge in [-0.2, -0.15) is 10.2 Å². The predicted octanol–water partition coefficient (Wildman–Crippen LogP) is 2.73. The number of aromatic amines is 2. The third-order valence-corrected chi connectivity index (χ3v) is 4.97. The van der Waals surface area contributed by atoms with Crippen molar-refractivity contribution >= 4 is 6.03 Å². The lowest BCUT2D eigenvalue weighted by Crippen LogP contribution is -2.44. The van der Waals surface area contributed by atoms with E-state index in [1.807, 2.05) is 6.92 Å². The Morgan fingerprint density at radius 3 is 2.89 bits per heavy atom. The first-order chi connectivity index (χ1) is 13.6. The van der Waals surface area contributed by atoms with Crippen LogP contribution in [0.15, 0.2) is 30.5 Å². The molecule has 28 heavy (non-hydrogen) atoms. The van der Waals surface area contributed by atoms with Crippen LogP contribution in [-0.2, 0) is 6.54 Å². The summed E-state index contributed by atoms with van der Waals surface area (Å²) in [5.74, 6) is 1.40. The summed E-state index contributed by atoms with van der Waals surface area (Å²) < 4.78 is 13.1. The highest BCUT2D eigenvalue weighted by Gasteiger charge is 2.27. The Morgan fingerprint density at radius 2 is 2.14 bits per heavy atom. The Kier molecular flexibility index (Phi) is 5.05. The summed E-state index contributed by atoms with van der Waals surface area (Å²) in [5.41, 5.74) is 2.44. The minimum atomic E-state index is -0.292. The van der Waals surface area contributed by atoms with Crippen molar-refractivity contribution < 1.29 is 9.18 Å². The smallest absolute Gasteiger partial charge is 0.317 e. The number of nitrogens with one attached hydrogen (secondary N) is 3. The number of benzene rings is 1. The number of aromatic nitrogens is 5. The molecule has 3 heterocycles. The number of urea groups is 1. The molecular weight excluding hydrogens is 361 g/mol. The molecule has 0 bridgehead atoms. The van der Waals surface area contributed by atoms with Gasteiger partial charge in [0.05, 0.1) is 11.9 Å². The molecule has 9 heteroatoms. The second-order valence-electron chi connectivity index (χ2n) is 7.00. The summed E-state index contributed by atoms with van der Waals surface area (Å²) in [7, 11) is 0. The van der Waals surface area contributed by atoms with Gasteiger partial charge in [0.2, 0.25) is 0 Å². The normalized spacial score (nSPS) is 16.9. The standard InChI is InChI=1S/C19H22FN7O/c1-12-23-18(26-24-12)14-3-2-8-27(11-14)19(28)21-9-15-10-22-25-17(15)13-4-6-16(20)7-5-13/h4-7,10,14H,2-3,8-9,11H2,1H3,(H,21,28)(H,22,25)(H,23,24,26)/t14-/m1/s1. The van der Waals surface area contributed by atoms with Crippen molar-refractivity contribution in [3.05, 3.63) is 53.5 Å². The van der Waals surface area contributed by atoms with E-state index in [4.69, 9.17) is 0 Å². The molecule has 2 aromatic heterocycles. The number of carbonyl (C=O) groups excluding carboxylic acids is 1. The average molecular weight is 383 g/mol. The summed E-state index contributed by atoms with van der Waals surface area (Å²) in [6.07, 6.45) is 3.56. The SMILES string of the molecule is Cc1nc([C@@H]2CCCN(C(=O)NCc3cn[nH]c3-c3ccc(F)cc3)C2)n[nH]1. The summed E-state index contributed by atoms with van der Waals surface area (Å²) in [6, 6.07) is 6.04. The van der Waals surface area contributed by atoms with Crippen molar-refractivity contribution in [1.82, 2.24) is 35.6 Å². The summed E-state index contributed by atoms with van der Waals surface area (Å²) in [6.45, 7) is 3.51. The number of amides is 2. The van der Waals surface area contributed by atoms with Gasteiger partial charge in [0.25, 0.3) is 0 Å². The van der Waals surface area contributed by atoms with Gasteiger partial charge in [-0.15, -0.1) is 0 Å². The van der Waals surface area contributed by atoms with Gasteiger partial charge < -0.3 is 10.2 Å². The molecule has 2 amide bonds. The van der Waals surface area contributed by atoms with Crippen LogP contribution in [0.2, 0.25) is 0 Å². The zero-order chi connectivity index (χ0) is 19.5. The van der Waals surface area contributed by atoms with Crippen LogP contribution < -0.4 is 5.32 Å². The Bertz CT molecular complexity index is 949. The number of likely N-dealkylation sites (tertiary alicyclic amines) is 1. The molecule has 1 saturated heterocycles. The van der Waals surface area contributed by atoms with Crippen LogP contribution >= 0.6 is 0 Å². The van der Waals surface area contributed by atoms with Crippen molar-refractivity contribution in [2.75, 3.05) is 13.1 Å². The Balaban J connectivity index is 1.38. The molecule has 1 aromatic carbocycles. The number of halogens is 1. The lowest BCUT2D eigenvalue weighted by atomic mass is 9.97. The van der Waals surface area contributed by atoms with E-state index in [-0.39, 0.29) is 17.8 Å². The van der Waals surface area contributed by atoms with E-state index >= 15 is 0 Å².